The van der Waals surface area contributed by atoms with Gasteiger partial charge in [-0.15, -0.1) is 0 Å². The summed E-state index contributed by atoms with van der Waals surface area (Å²) in [6, 6.07) is 7.30. The van der Waals surface area contributed by atoms with Gasteiger partial charge in [0.15, 0.2) is 0 Å². The van der Waals surface area contributed by atoms with E-state index in [2.05, 4.69) is 28.9 Å². The van der Waals surface area contributed by atoms with Gasteiger partial charge in [-0.3, -0.25) is 19.0 Å². The summed E-state index contributed by atoms with van der Waals surface area (Å²) < 4.78 is 40.7. The number of carbonyl (C=O) groups is 3. The number of fused-ring (bicyclic) bond motifs is 3. The van der Waals surface area contributed by atoms with Crippen LogP contribution in [-0.2, 0) is 29.0 Å². The summed E-state index contributed by atoms with van der Waals surface area (Å²) in [7, 11) is -4.27. The van der Waals surface area contributed by atoms with Gasteiger partial charge >= 0.3 is 16.9 Å². The molecule has 1 heterocycles. The molecule has 1 spiro atoms. The number of hydrogen-bond acceptors (Lipinski definition) is 10. The molecule has 4 aliphatic rings. The maximum atomic E-state index is 13.7. The molecule has 12 nitrogen and oxygen atoms in total. The van der Waals surface area contributed by atoms with Gasteiger partial charge in [0.25, 0.3) is 9.84 Å². The van der Waals surface area contributed by atoms with Crippen LogP contribution in [0, 0.1) is 38.7 Å². The zero-order valence-corrected chi connectivity index (χ0v) is 26.8. The Morgan fingerprint density at radius 3 is 2.56 bits per heavy atom. The Hall–Kier alpha value is -3.48. The van der Waals surface area contributed by atoms with Crippen molar-refractivity contribution in [1.29, 1.82) is 0 Å². The number of nitrogens with one attached hydrogen (secondary N) is 1. The van der Waals surface area contributed by atoms with Crippen molar-refractivity contribution in [2.24, 2.45) is 33.5 Å². The Morgan fingerprint density at radius 2 is 1.80 bits per heavy atom. The van der Waals surface area contributed by atoms with Crippen LogP contribution in [0.5, 0.6) is 5.88 Å². The molecule has 1 aromatic heterocycles. The smallest absolute Gasteiger partial charge is 0.415 e. The summed E-state index contributed by atoms with van der Waals surface area (Å²) >= 11 is 0. The van der Waals surface area contributed by atoms with E-state index in [9.17, 15) is 28.0 Å². The highest BCUT2D eigenvalue weighted by Gasteiger charge is 2.68. The number of benzene rings is 1. The Kier molecular flexibility index (Phi) is 7.77. The molecular formula is C32H41N3O9S. The summed E-state index contributed by atoms with van der Waals surface area (Å²) in [6.45, 7) is 5.61. The summed E-state index contributed by atoms with van der Waals surface area (Å²) in [6.07, 6.45) is 8.18. The topological polar surface area (TPSA) is 169 Å². The standard InChI is InChI=1S/C32H41N3O9S/c1-29-14-10-23-30(2)12-7-13-31(3,22(30)11-15-32(23,20-29)18-24(29)36)28(38)33-19-25(37)42-16-17-43-26-27(35(39)44-34-26)45(40,41)21-8-5-4-6-9-21/h4-6,8-9,22-23H,7,10-20H2,1-3H3,(H,33,38)/t22-,23-,29-,30+,31+,32-/m0/s1. The molecule has 1 amide bonds. The van der Waals surface area contributed by atoms with E-state index < -0.39 is 32.1 Å². The third-order valence-electron chi connectivity index (χ3n) is 11.7. The van der Waals surface area contributed by atoms with E-state index in [1.54, 1.807) is 6.07 Å². The van der Waals surface area contributed by atoms with Gasteiger partial charge in [0.2, 0.25) is 5.91 Å². The molecule has 0 aliphatic heterocycles. The van der Waals surface area contributed by atoms with Crippen LogP contribution in [0.3, 0.4) is 0 Å². The number of hydrogen-bond donors (Lipinski definition) is 1. The van der Waals surface area contributed by atoms with Gasteiger partial charge in [-0.25, -0.2) is 8.42 Å². The van der Waals surface area contributed by atoms with Crippen molar-refractivity contribution in [1.82, 2.24) is 10.5 Å². The first kappa shape index (κ1) is 31.5. The summed E-state index contributed by atoms with van der Waals surface area (Å²) in [4.78, 5) is 38.8. The van der Waals surface area contributed by atoms with Crippen LogP contribution in [0.25, 0.3) is 0 Å². The van der Waals surface area contributed by atoms with Crippen molar-refractivity contribution >= 4 is 27.5 Å². The van der Waals surface area contributed by atoms with E-state index >= 15 is 0 Å². The Balaban J connectivity index is 1.03. The number of aromatic nitrogens is 2. The fourth-order valence-electron chi connectivity index (χ4n) is 9.72. The molecule has 4 fully saturated rings. The molecule has 0 radical (unpaired) electrons. The van der Waals surface area contributed by atoms with Crippen LogP contribution in [0.1, 0.15) is 78.6 Å². The van der Waals surface area contributed by atoms with Crippen LogP contribution in [-0.4, -0.2) is 51.0 Å². The minimum Gasteiger partial charge on any atom is -0.461 e. The van der Waals surface area contributed by atoms with E-state index in [1.165, 1.54) is 24.3 Å². The van der Waals surface area contributed by atoms with Crippen molar-refractivity contribution in [3.63, 3.8) is 0 Å². The number of ether oxygens (including phenoxy) is 2. The first-order chi connectivity index (χ1) is 21.3. The SMILES string of the molecule is C[C@@]12CC[C@@H]3[C@@](CC[C@H]4[C@@]3(C)CCC[C@@]4(C)C(=O)NCC(=O)OCCOc3no[n+]([O-])c3S(=O)(=O)c3ccccc3)(CC1=O)C2. The van der Waals surface area contributed by atoms with Gasteiger partial charge in [-0.2, -0.15) is 0 Å². The summed E-state index contributed by atoms with van der Waals surface area (Å²) in [5, 5.41) is 17.4. The number of nitrogens with zero attached hydrogens (tertiary/aromatic N) is 2. The maximum Gasteiger partial charge on any atom is 0.415 e. The van der Waals surface area contributed by atoms with Crippen molar-refractivity contribution in [2.45, 2.75) is 88.5 Å². The Morgan fingerprint density at radius 1 is 1.07 bits per heavy atom. The van der Waals surface area contributed by atoms with E-state index in [-0.39, 0.29) is 57.6 Å². The van der Waals surface area contributed by atoms with Gasteiger partial charge in [0.05, 0.1) is 10.1 Å². The highest BCUT2D eigenvalue weighted by atomic mass is 32.2. The number of sulfone groups is 1. The van der Waals surface area contributed by atoms with Crippen LogP contribution in [0.15, 0.2) is 44.9 Å². The lowest BCUT2D eigenvalue weighted by atomic mass is 9.40. The fraction of sp³-hybridized carbons (Fsp3) is 0.656. The zero-order valence-electron chi connectivity index (χ0n) is 26.0. The summed E-state index contributed by atoms with van der Waals surface area (Å²) in [5.74, 6) is -0.394. The molecular weight excluding hydrogens is 602 g/mol. The van der Waals surface area contributed by atoms with Gasteiger partial charge in [-0.1, -0.05) is 45.4 Å². The van der Waals surface area contributed by atoms with Crippen LogP contribution >= 0.6 is 0 Å². The first-order valence-electron chi connectivity index (χ1n) is 15.8. The molecule has 13 heteroatoms. The Labute approximate surface area is 262 Å². The molecule has 2 aromatic rings. The minimum atomic E-state index is -4.27. The monoisotopic (exact) mass is 643 g/mol. The molecule has 2 bridgehead atoms. The third-order valence-corrected chi connectivity index (χ3v) is 13.4. The molecule has 4 aliphatic carbocycles. The molecule has 45 heavy (non-hydrogen) atoms. The third kappa shape index (κ3) is 5.11. The van der Waals surface area contributed by atoms with E-state index in [0.717, 1.165) is 51.4 Å². The highest BCUT2D eigenvalue weighted by Crippen LogP contribution is 2.73. The average Bonchev–Trinajstić information content (AvgIpc) is 3.46. The van der Waals surface area contributed by atoms with Crippen LogP contribution in [0.4, 0.5) is 0 Å². The molecule has 0 saturated heterocycles. The molecule has 6 rings (SSSR count). The van der Waals surface area contributed by atoms with Crippen molar-refractivity contribution in [3.05, 3.63) is 35.5 Å². The van der Waals surface area contributed by atoms with Crippen LogP contribution in [0.2, 0.25) is 0 Å². The lowest BCUT2D eigenvalue weighted by Crippen LogP contribution is -2.60. The number of rotatable bonds is 9. The largest absolute Gasteiger partial charge is 0.461 e. The fourth-order valence-corrected chi connectivity index (χ4v) is 11.0. The quantitative estimate of drug-likeness (QED) is 0.242. The lowest BCUT2D eigenvalue weighted by Gasteiger charge is -2.64. The van der Waals surface area contributed by atoms with Gasteiger partial charge in [0, 0.05) is 17.3 Å². The van der Waals surface area contributed by atoms with Crippen molar-refractivity contribution in [3.8, 4) is 5.88 Å². The van der Waals surface area contributed by atoms with Gasteiger partial charge in [0.1, 0.15) is 25.5 Å². The number of Topliss-reactive ketones (excluding diaryl/α,β-unsaturated/α-hetero) is 1. The second kappa shape index (κ2) is 11.1. The normalized spacial score (nSPS) is 34.0. The van der Waals surface area contributed by atoms with E-state index in [1.807, 2.05) is 6.92 Å². The average molecular weight is 644 g/mol. The molecule has 1 aromatic carbocycles. The number of ketones is 1. The van der Waals surface area contributed by atoms with Gasteiger partial charge < -0.3 is 20.0 Å². The van der Waals surface area contributed by atoms with Crippen LogP contribution < -0.4 is 15.0 Å². The maximum absolute atomic E-state index is 13.7. The van der Waals surface area contributed by atoms with Gasteiger partial charge in [-0.05, 0) is 84.6 Å². The molecule has 6 atom stereocenters. The van der Waals surface area contributed by atoms with Crippen molar-refractivity contribution in [2.75, 3.05) is 19.8 Å². The number of esters is 1. The molecule has 1 N–H and O–H groups in total. The molecule has 244 valence electrons. The second-order valence-corrected chi connectivity index (χ2v) is 16.1. The predicted molar refractivity (Wildman–Crippen MR) is 157 cm³/mol. The zero-order chi connectivity index (χ0) is 32.3. The predicted octanol–water partition coefficient (Wildman–Crippen LogP) is 3.55. The number of amides is 1. The van der Waals surface area contributed by atoms with E-state index in [4.69, 9.17) is 9.47 Å². The molecule has 0 unspecified atom stereocenters. The summed E-state index contributed by atoms with van der Waals surface area (Å²) in [5.41, 5.74) is -0.802. The number of carbonyl (C=O) groups excluding carboxylic acids is 3. The minimum absolute atomic E-state index is 0.0391. The van der Waals surface area contributed by atoms with Crippen molar-refractivity contribution < 1.29 is 41.8 Å². The molecule has 4 saturated carbocycles. The van der Waals surface area contributed by atoms with E-state index in [0.29, 0.717) is 18.1 Å². The highest BCUT2D eigenvalue weighted by molar-refractivity contribution is 7.91. The lowest BCUT2D eigenvalue weighted by molar-refractivity contribution is -0.832. The second-order valence-electron chi connectivity index (χ2n) is 14.3. The Bertz CT molecular complexity index is 1610. The first-order valence-corrected chi connectivity index (χ1v) is 17.2.